The molecule has 0 saturated carbocycles. The van der Waals surface area contributed by atoms with Gasteiger partial charge >= 0.3 is 11.7 Å². The molecule has 3 aromatic carbocycles. The van der Waals surface area contributed by atoms with E-state index in [2.05, 4.69) is 0 Å². The van der Waals surface area contributed by atoms with E-state index < -0.39 is 17.2 Å². The Morgan fingerprint density at radius 1 is 0.719 bits per heavy atom. The lowest BCUT2D eigenvalue weighted by molar-refractivity contribution is 0.0696. The van der Waals surface area contributed by atoms with E-state index in [0.717, 1.165) is 11.1 Å². The number of nitrogens with zero attached hydrogens (tertiary/aromatic N) is 2. The highest BCUT2D eigenvalue weighted by Gasteiger charge is 2.16. The Morgan fingerprint density at radius 2 is 1.28 bits per heavy atom. The van der Waals surface area contributed by atoms with Crippen molar-refractivity contribution in [3.8, 4) is 0 Å². The number of hydrogen-bond donors (Lipinski definition) is 1. The van der Waals surface area contributed by atoms with E-state index in [1.165, 1.54) is 15.2 Å². The van der Waals surface area contributed by atoms with Crippen molar-refractivity contribution in [2.45, 2.75) is 19.5 Å². The predicted octanol–water partition coefficient (Wildman–Crippen LogP) is 3.40. The van der Waals surface area contributed by atoms with Crippen molar-refractivity contribution in [3.63, 3.8) is 0 Å². The van der Waals surface area contributed by atoms with Crippen LogP contribution in [0.2, 0.25) is 0 Å². The molecule has 4 aromatic rings. The molecular weight excluding hydrogens is 404 g/mol. The van der Waals surface area contributed by atoms with Crippen LogP contribution in [0.3, 0.4) is 0 Å². The molecule has 0 bridgehead atoms. The van der Waals surface area contributed by atoms with Crippen molar-refractivity contribution in [2.75, 3.05) is 0 Å². The third kappa shape index (κ3) is 4.59. The van der Waals surface area contributed by atoms with Crippen LogP contribution in [0.4, 0.5) is 0 Å². The summed E-state index contributed by atoms with van der Waals surface area (Å²) in [5, 5.41) is 9.52. The zero-order valence-corrected chi connectivity index (χ0v) is 17.3. The maximum Gasteiger partial charge on any atom is 0.335 e. The number of carboxylic acids is 1. The zero-order chi connectivity index (χ0) is 22.5. The van der Waals surface area contributed by atoms with Gasteiger partial charge in [0.1, 0.15) is 0 Å². The van der Waals surface area contributed by atoms with Gasteiger partial charge in [0, 0.05) is 18.2 Å². The van der Waals surface area contributed by atoms with E-state index in [1.807, 2.05) is 60.7 Å². The summed E-state index contributed by atoms with van der Waals surface area (Å²) in [5.41, 5.74) is 1.97. The van der Waals surface area contributed by atoms with E-state index in [0.29, 0.717) is 17.7 Å². The molecule has 32 heavy (non-hydrogen) atoms. The zero-order valence-electron chi connectivity index (χ0n) is 17.3. The molecule has 6 nitrogen and oxygen atoms in total. The van der Waals surface area contributed by atoms with Crippen LogP contribution < -0.4 is 11.2 Å². The number of benzene rings is 3. The van der Waals surface area contributed by atoms with E-state index in [-0.39, 0.29) is 18.5 Å². The number of hydrogen-bond acceptors (Lipinski definition) is 3. The van der Waals surface area contributed by atoms with Gasteiger partial charge < -0.3 is 5.11 Å². The molecule has 1 aromatic heterocycles. The minimum absolute atomic E-state index is 0.116. The van der Waals surface area contributed by atoms with Gasteiger partial charge in [0.15, 0.2) is 0 Å². The summed E-state index contributed by atoms with van der Waals surface area (Å²) in [4.78, 5) is 38.1. The van der Waals surface area contributed by atoms with Crippen molar-refractivity contribution in [1.82, 2.24) is 9.13 Å². The highest BCUT2D eigenvalue weighted by molar-refractivity contribution is 5.89. The topological polar surface area (TPSA) is 81.3 Å². The summed E-state index contributed by atoms with van der Waals surface area (Å²) in [7, 11) is 0. The third-order valence-corrected chi connectivity index (χ3v) is 5.32. The molecule has 0 atom stereocenters. The van der Waals surface area contributed by atoms with Gasteiger partial charge in [0.05, 0.1) is 18.7 Å². The molecule has 0 fully saturated rings. The number of carboxylic acid groups (broad SMARTS) is 1. The summed E-state index contributed by atoms with van der Waals surface area (Å²) in [6.07, 6.45) is 1.67. The Labute approximate surface area is 184 Å². The van der Waals surface area contributed by atoms with Crippen molar-refractivity contribution in [1.29, 1.82) is 0 Å². The normalized spacial score (nSPS) is 10.8. The molecule has 0 aliphatic carbocycles. The monoisotopic (exact) mass is 426 g/mol. The maximum atomic E-state index is 13.3. The van der Waals surface area contributed by atoms with E-state index in [1.54, 1.807) is 24.4 Å². The Hall–Kier alpha value is -4.19. The molecule has 0 unspecified atom stereocenters. The van der Waals surface area contributed by atoms with Crippen LogP contribution in [0, 0.1) is 0 Å². The highest BCUT2D eigenvalue weighted by Crippen LogP contribution is 2.13. The molecule has 160 valence electrons. The minimum atomic E-state index is -1.05. The molecule has 4 rings (SSSR count). The molecule has 1 N–H and O–H groups in total. The summed E-state index contributed by atoms with van der Waals surface area (Å²) >= 11 is 0. The molecule has 0 spiro atoms. The fourth-order valence-electron chi connectivity index (χ4n) is 3.72. The van der Waals surface area contributed by atoms with Crippen LogP contribution in [0.15, 0.2) is 101 Å². The van der Waals surface area contributed by atoms with Gasteiger partial charge in [0.25, 0.3) is 5.56 Å². The SMILES string of the molecule is O=C(O)c1ccccc1Cc1cn(Cc2ccccc2)c(=O)n(Cc2ccccc2)c1=O. The summed E-state index contributed by atoms with van der Waals surface area (Å²) in [6, 6.07) is 25.4. The molecule has 0 aliphatic heterocycles. The largest absolute Gasteiger partial charge is 0.478 e. The van der Waals surface area contributed by atoms with Crippen LogP contribution in [-0.2, 0) is 19.5 Å². The lowest BCUT2D eigenvalue weighted by Crippen LogP contribution is -2.41. The summed E-state index contributed by atoms with van der Waals surface area (Å²) < 4.78 is 2.73. The first kappa shape index (κ1) is 21.1. The Balaban J connectivity index is 1.83. The third-order valence-electron chi connectivity index (χ3n) is 5.32. The molecule has 0 radical (unpaired) electrons. The van der Waals surface area contributed by atoms with Crippen LogP contribution in [0.5, 0.6) is 0 Å². The molecule has 1 heterocycles. The van der Waals surface area contributed by atoms with Gasteiger partial charge in [-0.15, -0.1) is 0 Å². The van der Waals surface area contributed by atoms with Gasteiger partial charge in [0.2, 0.25) is 0 Å². The fraction of sp³-hybridized carbons (Fsp3) is 0.115. The van der Waals surface area contributed by atoms with Gasteiger partial charge in [-0.2, -0.15) is 0 Å². The van der Waals surface area contributed by atoms with Crippen LogP contribution in [0.25, 0.3) is 0 Å². The average molecular weight is 426 g/mol. The number of aromatic carboxylic acids is 1. The standard InChI is InChI=1S/C26H22N2O4/c29-24-22(15-21-13-7-8-14-23(21)25(30)31)18-27(16-19-9-3-1-4-10-19)26(32)28(24)17-20-11-5-2-6-12-20/h1-14,18H,15-17H2,(H,30,31). The number of rotatable bonds is 7. The van der Waals surface area contributed by atoms with Crippen LogP contribution in [-0.4, -0.2) is 20.2 Å². The predicted molar refractivity (Wildman–Crippen MR) is 122 cm³/mol. The second-order valence-electron chi connectivity index (χ2n) is 7.57. The fourth-order valence-corrected chi connectivity index (χ4v) is 3.72. The summed E-state index contributed by atoms with van der Waals surface area (Å²) in [6.45, 7) is 0.448. The van der Waals surface area contributed by atoms with E-state index in [9.17, 15) is 19.5 Å². The molecule has 0 amide bonds. The second kappa shape index (κ2) is 9.31. The van der Waals surface area contributed by atoms with Gasteiger partial charge in [-0.3, -0.25) is 13.9 Å². The average Bonchev–Trinajstić information content (AvgIpc) is 2.81. The van der Waals surface area contributed by atoms with E-state index in [4.69, 9.17) is 0 Å². The Bertz CT molecular complexity index is 1360. The van der Waals surface area contributed by atoms with Crippen molar-refractivity contribution < 1.29 is 9.90 Å². The Kier molecular flexibility index (Phi) is 6.12. The first-order valence-electron chi connectivity index (χ1n) is 10.2. The minimum Gasteiger partial charge on any atom is -0.478 e. The molecule has 0 aliphatic rings. The quantitative estimate of drug-likeness (QED) is 0.491. The first-order chi connectivity index (χ1) is 15.5. The van der Waals surface area contributed by atoms with E-state index >= 15 is 0 Å². The smallest absolute Gasteiger partial charge is 0.335 e. The molecule has 6 heteroatoms. The summed E-state index contributed by atoms with van der Waals surface area (Å²) in [5.74, 6) is -1.05. The lowest BCUT2D eigenvalue weighted by Gasteiger charge is -2.14. The lowest BCUT2D eigenvalue weighted by atomic mass is 10.0. The number of carbonyl (C=O) groups is 1. The maximum absolute atomic E-state index is 13.3. The number of aromatic nitrogens is 2. The van der Waals surface area contributed by atoms with Crippen molar-refractivity contribution in [3.05, 3.63) is 140 Å². The van der Waals surface area contributed by atoms with Crippen molar-refractivity contribution >= 4 is 5.97 Å². The Morgan fingerprint density at radius 3 is 1.91 bits per heavy atom. The second-order valence-corrected chi connectivity index (χ2v) is 7.57. The van der Waals surface area contributed by atoms with Crippen LogP contribution in [0.1, 0.15) is 32.6 Å². The van der Waals surface area contributed by atoms with Crippen LogP contribution >= 0.6 is 0 Å². The first-order valence-corrected chi connectivity index (χ1v) is 10.2. The molecular formula is C26H22N2O4. The van der Waals surface area contributed by atoms with Gasteiger partial charge in [-0.05, 0) is 22.8 Å². The highest BCUT2D eigenvalue weighted by atomic mass is 16.4. The van der Waals surface area contributed by atoms with Gasteiger partial charge in [-0.25, -0.2) is 9.59 Å². The molecule has 0 saturated heterocycles. The van der Waals surface area contributed by atoms with Crippen molar-refractivity contribution in [2.24, 2.45) is 0 Å². The van der Waals surface area contributed by atoms with Gasteiger partial charge in [-0.1, -0.05) is 78.9 Å².